The van der Waals surface area contributed by atoms with Gasteiger partial charge in [0.2, 0.25) is 21.6 Å². The largest absolute Gasteiger partial charge is 0.465 e. The summed E-state index contributed by atoms with van der Waals surface area (Å²) < 4.78 is 95.1. The van der Waals surface area contributed by atoms with Crippen molar-refractivity contribution in [2.45, 2.75) is 29.9 Å². The molecule has 0 spiro atoms. The molecule has 1 heterocycles. The van der Waals surface area contributed by atoms with Gasteiger partial charge in [-0.15, -0.1) is 0 Å². The summed E-state index contributed by atoms with van der Waals surface area (Å²) in [6.07, 6.45) is -1.28. The first-order valence-corrected chi connectivity index (χ1v) is 16.4. The van der Waals surface area contributed by atoms with E-state index in [1.807, 2.05) is 4.72 Å². The van der Waals surface area contributed by atoms with Gasteiger partial charge in [0.05, 0.1) is 33.9 Å². The van der Waals surface area contributed by atoms with Gasteiger partial charge >= 0.3 is 16.3 Å². The Hall–Kier alpha value is -3.34. The molecule has 2 aromatic rings. The first-order chi connectivity index (χ1) is 19.4. The molecular formula is C23H21Cl2F5N6O5S2. The number of sulfonamides is 1. The van der Waals surface area contributed by atoms with Crippen LogP contribution in [0.15, 0.2) is 58.8 Å². The van der Waals surface area contributed by atoms with Crippen LogP contribution in [0.5, 0.6) is 0 Å². The molecule has 20 heteroatoms. The highest BCUT2D eigenvalue weighted by atomic mass is 35.5. The number of carboxylic acid groups (broad SMARTS) is 1. The van der Waals surface area contributed by atoms with E-state index in [1.165, 1.54) is 12.1 Å². The summed E-state index contributed by atoms with van der Waals surface area (Å²) >= 11 is 12.2. The molecule has 1 saturated carbocycles. The Kier molecular flexibility index (Phi) is 7.26. The lowest BCUT2D eigenvalue weighted by Gasteiger charge is -2.41. The van der Waals surface area contributed by atoms with Crippen molar-refractivity contribution in [1.82, 2.24) is 15.0 Å². The Morgan fingerprint density at radius 3 is 2.09 bits per heavy atom. The highest BCUT2D eigenvalue weighted by Gasteiger charge is 2.67. The number of nitrogens with zero attached hydrogens (tertiary/aromatic N) is 3. The van der Waals surface area contributed by atoms with Crippen molar-refractivity contribution in [2.24, 2.45) is 11.1 Å². The van der Waals surface area contributed by atoms with Gasteiger partial charge in [-0.05, 0) is 30.5 Å². The number of halogens is 7. The molecule has 234 valence electrons. The van der Waals surface area contributed by atoms with Crippen LogP contribution in [0.2, 0.25) is 10.0 Å². The molecule has 1 aliphatic carbocycles. The van der Waals surface area contributed by atoms with Crippen LogP contribution in [0.1, 0.15) is 18.4 Å². The van der Waals surface area contributed by atoms with Gasteiger partial charge in [0.1, 0.15) is 16.8 Å². The van der Waals surface area contributed by atoms with Gasteiger partial charge < -0.3 is 10.8 Å². The van der Waals surface area contributed by atoms with Gasteiger partial charge in [0, 0.05) is 5.57 Å². The summed E-state index contributed by atoms with van der Waals surface area (Å²) in [7, 11) is -14.7. The fraction of sp³-hybridized carbons (Fsp3) is 0.261. The van der Waals surface area contributed by atoms with Crippen LogP contribution in [0, 0.1) is 16.7 Å². The lowest BCUT2D eigenvalue weighted by atomic mass is 9.86. The van der Waals surface area contributed by atoms with Crippen LogP contribution < -0.4 is 20.9 Å². The molecule has 11 nitrogen and oxygen atoms in total. The molecule has 1 unspecified atom stereocenters. The highest BCUT2D eigenvalue weighted by Crippen LogP contribution is 3.02. The molecule has 2 amide bonds. The van der Waals surface area contributed by atoms with Crippen molar-refractivity contribution < 1.29 is 42.5 Å². The van der Waals surface area contributed by atoms with E-state index in [2.05, 4.69) is 5.43 Å². The number of benzene rings is 2. The maximum Gasteiger partial charge on any atom is 0.413 e. The second-order valence-corrected chi connectivity index (χ2v) is 14.9. The van der Waals surface area contributed by atoms with Crippen LogP contribution >= 0.6 is 33.4 Å². The third kappa shape index (κ3) is 6.18. The van der Waals surface area contributed by atoms with E-state index in [0.29, 0.717) is 21.7 Å². The summed E-state index contributed by atoms with van der Waals surface area (Å²) in [4.78, 5) is 23.6. The van der Waals surface area contributed by atoms with E-state index in [-0.39, 0.29) is 25.0 Å². The summed E-state index contributed by atoms with van der Waals surface area (Å²) in [6.45, 7) is -0.527. The molecule has 5 N–H and O–H groups in total. The quantitative estimate of drug-likeness (QED) is 0.254. The van der Waals surface area contributed by atoms with Crippen LogP contribution in [0.3, 0.4) is 0 Å². The summed E-state index contributed by atoms with van der Waals surface area (Å²) in [5.74, 6) is -1.76. The third-order valence-electron chi connectivity index (χ3n) is 6.63. The molecule has 4 rings (SSSR count). The normalized spacial score (nSPS) is 21.5. The monoisotopic (exact) mass is 690 g/mol. The second-order valence-electron chi connectivity index (χ2n) is 9.89. The van der Waals surface area contributed by atoms with Crippen molar-refractivity contribution >= 4 is 61.1 Å². The highest BCUT2D eigenvalue weighted by molar-refractivity contribution is 8.45. The number of carbonyl (C=O) groups is 2. The van der Waals surface area contributed by atoms with E-state index < -0.39 is 81.9 Å². The molecule has 2 aliphatic rings. The van der Waals surface area contributed by atoms with E-state index in [4.69, 9.17) is 28.9 Å². The number of anilines is 1. The molecule has 0 saturated heterocycles. The topological polar surface area (TPSA) is 169 Å². The van der Waals surface area contributed by atoms with Gasteiger partial charge in [-0.25, -0.2) is 13.2 Å². The SMILES string of the molecule is CS(=O)(=O)NC1(C#N)NN(c2c(Cl)cc(S(F)(F)(F)(F)F)cc2Cl)C(N(Cc2ccccc2)C(=O)O)=C1C1(C(N)=O)CC1. The minimum Gasteiger partial charge on any atom is -0.465 e. The van der Waals surface area contributed by atoms with Crippen molar-refractivity contribution in [1.29, 1.82) is 5.26 Å². The van der Waals surface area contributed by atoms with Gasteiger partial charge in [0.25, 0.3) is 0 Å². The van der Waals surface area contributed by atoms with Crippen LogP contribution in [0.25, 0.3) is 0 Å². The Labute approximate surface area is 251 Å². The number of nitrogens with two attached hydrogens (primary N) is 1. The standard InChI is InChI=1S/C23H21Cl2F5N6O5S2/c1-42(40,41)34-23(12-31)18(22(7-8-22)20(32)37)19(35(21(38)39)11-13-5-3-2-4-6-13)36(33-23)17-15(24)9-14(10-16(17)25)43(26,27,28,29)30/h2-6,9-10,33-34H,7-8,11H2,1H3,(H2,32,37)(H,38,39). The Balaban J connectivity index is 2.12. The number of hydrazine groups is 1. The van der Waals surface area contributed by atoms with Crippen molar-refractivity contribution in [2.75, 3.05) is 11.3 Å². The third-order valence-corrected chi connectivity index (χ3v) is 9.01. The van der Waals surface area contributed by atoms with Crippen molar-refractivity contribution in [3.8, 4) is 6.07 Å². The number of primary amides is 1. The van der Waals surface area contributed by atoms with E-state index in [9.17, 15) is 47.8 Å². The molecule has 1 fully saturated rings. The average Bonchev–Trinajstić information content (AvgIpc) is 3.59. The molecule has 1 aliphatic heterocycles. The van der Waals surface area contributed by atoms with Crippen molar-refractivity contribution in [3.63, 3.8) is 0 Å². The molecule has 2 aromatic carbocycles. The maximum atomic E-state index is 13.6. The van der Waals surface area contributed by atoms with Gasteiger partial charge in [-0.2, -0.15) is 15.4 Å². The van der Waals surface area contributed by atoms with Crippen LogP contribution in [-0.4, -0.2) is 42.3 Å². The lowest BCUT2D eigenvalue weighted by molar-refractivity contribution is -0.122. The zero-order chi connectivity index (χ0) is 32.5. The lowest BCUT2D eigenvalue weighted by Crippen LogP contribution is -2.61. The minimum absolute atomic E-state index is 0.0883. The predicted molar refractivity (Wildman–Crippen MR) is 148 cm³/mol. The molecule has 1 atom stereocenters. The van der Waals surface area contributed by atoms with Gasteiger partial charge in [-0.1, -0.05) is 73.0 Å². The molecule has 43 heavy (non-hydrogen) atoms. The summed E-state index contributed by atoms with van der Waals surface area (Å²) in [5, 5.41) is 19.0. The first-order valence-electron chi connectivity index (χ1n) is 11.8. The fourth-order valence-corrected chi connectivity index (χ4v) is 6.94. The smallest absolute Gasteiger partial charge is 0.413 e. The predicted octanol–water partition coefficient (Wildman–Crippen LogP) is 5.40. The van der Waals surface area contributed by atoms with E-state index >= 15 is 0 Å². The number of rotatable bonds is 9. The molecule has 0 radical (unpaired) electrons. The zero-order valence-corrected chi connectivity index (χ0v) is 24.8. The Morgan fingerprint density at radius 1 is 1.16 bits per heavy atom. The zero-order valence-electron chi connectivity index (χ0n) is 21.6. The maximum absolute atomic E-state index is 13.6. The average molecular weight is 691 g/mol. The summed E-state index contributed by atoms with van der Waals surface area (Å²) in [6, 6.07) is 9.07. The van der Waals surface area contributed by atoms with E-state index in [1.54, 1.807) is 24.3 Å². The molecular weight excluding hydrogens is 670 g/mol. The van der Waals surface area contributed by atoms with Crippen LogP contribution in [0.4, 0.5) is 29.9 Å². The van der Waals surface area contributed by atoms with Crippen molar-refractivity contribution in [3.05, 3.63) is 69.5 Å². The minimum atomic E-state index is -10.3. The number of nitriles is 1. The number of amides is 2. The molecule has 0 bridgehead atoms. The number of hydrogen-bond donors (Lipinski definition) is 4. The fourth-order valence-electron chi connectivity index (χ4n) is 4.72. The van der Waals surface area contributed by atoms with Crippen LogP contribution in [-0.2, 0) is 21.4 Å². The number of hydrogen-bond acceptors (Lipinski definition) is 7. The van der Waals surface area contributed by atoms with E-state index in [0.717, 1.165) is 0 Å². The van der Waals surface area contributed by atoms with Gasteiger partial charge in [-0.3, -0.25) is 14.7 Å². The Morgan fingerprint density at radius 2 is 1.70 bits per heavy atom. The first kappa shape index (κ1) is 32.6. The summed E-state index contributed by atoms with van der Waals surface area (Å²) in [5.41, 5.74) is 2.54. The Bertz CT molecular complexity index is 1710. The number of nitrogens with one attached hydrogen (secondary N) is 2. The number of carbonyl (C=O) groups excluding carboxylic acids is 1. The van der Waals surface area contributed by atoms with Gasteiger partial charge in [0.15, 0.2) is 0 Å². The second kappa shape index (κ2) is 9.58. The molecule has 0 aromatic heterocycles.